The summed E-state index contributed by atoms with van der Waals surface area (Å²) in [4.78, 5) is 2.21. The molecule has 1 atom stereocenters. The van der Waals surface area contributed by atoms with E-state index in [-0.39, 0.29) is 6.04 Å². The molecule has 2 N–H and O–H groups in total. The molecule has 0 bridgehead atoms. The van der Waals surface area contributed by atoms with Crippen molar-refractivity contribution < 1.29 is 4.74 Å². The highest BCUT2D eigenvalue weighted by Gasteiger charge is 2.21. The molecule has 1 aromatic carbocycles. The maximum Gasteiger partial charge on any atom is 0.0641 e. The number of anilines is 1. The maximum atomic E-state index is 5.89. The van der Waals surface area contributed by atoms with E-state index in [1.54, 1.807) is 0 Å². The molecule has 19 heavy (non-hydrogen) atoms. The second-order valence-electron chi connectivity index (χ2n) is 5.44. The van der Waals surface area contributed by atoms with Crippen molar-refractivity contribution in [3.63, 3.8) is 0 Å². The minimum atomic E-state index is 0.0672. The summed E-state index contributed by atoms with van der Waals surface area (Å²) in [5, 5.41) is 0. The molecule has 0 amide bonds. The topological polar surface area (TPSA) is 38.5 Å². The Bertz CT molecular complexity index is 419. The SMILES string of the molecule is CC(N)c1ccc(N(C)CCOCC2CC2)c(Br)c1. The Labute approximate surface area is 124 Å². The lowest BCUT2D eigenvalue weighted by Gasteiger charge is -2.21. The first-order chi connectivity index (χ1) is 9.08. The molecule has 0 spiro atoms. The molecule has 0 saturated heterocycles. The molecule has 0 aliphatic heterocycles. The zero-order chi connectivity index (χ0) is 13.8. The number of nitrogens with two attached hydrogens (primary N) is 1. The van der Waals surface area contributed by atoms with Crippen LogP contribution in [0.2, 0.25) is 0 Å². The lowest BCUT2D eigenvalue weighted by atomic mass is 10.1. The number of rotatable bonds is 7. The van der Waals surface area contributed by atoms with Crippen LogP contribution in [0.5, 0.6) is 0 Å². The molecule has 0 aromatic heterocycles. The van der Waals surface area contributed by atoms with E-state index < -0.39 is 0 Å². The van der Waals surface area contributed by atoms with Gasteiger partial charge in [0.2, 0.25) is 0 Å². The zero-order valence-corrected chi connectivity index (χ0v) is 13.3. The minimum absolute atomic E-state index is 0.0672. The van der Waals surface area contributed by atoms with Gasteiger partial charge in [0.25, 0.3) is 0 Å². The Morgan fingerprint density at radius 2 is 2.21 bits per heavy atom. The summed E-state index contributed by atoms with van der Waals surface area (Å²) in [6, 6.07) is 6.37. The fourth-order valence-electron chi connectivity index (χ4n) is 1.97. The van der Waals surface area contributed by atoms with Gasteiger partial charge in [-0.05, 0) is 59.3 Å². The van der Waals surface area contributed by atoms with Crippen molar-refractivity contribution in [1.82, 2.24) is 0 Å². The van der Waals surface area contributed by atoms with Gasteiger partial charge in [0.1, 0.15) is 0 Å². The second kappa shape index (κ2) is 6.73. The molecule has 1 unspecified atom stereocenters. The average Bonchev–Trinajstić information content (AvgIpc) is 3.18. The van der Waals surface area contributed by atoms with E-state index in [9.17, 15) is 0 Å². The zero-order valence-electron chi connectivity index (χ0n) is 11.7. The van der Waals surface area contributed by atoms with Gasteiger partial charge < -0.3 is 15.4 Å². The molecule has 1 aromatic rings. The maximum absolute atomic E-state index is 5.89. The van der Waals surface area contributed by atoms with Crippen LogP contribution >= 0.6 is 15.9 Å². The lowest BCUT2D eigenvalue weighted by molar-refractivity contribution is 0.131. The highest BCUT2D eigenvalue weighted by Crippen LogP contribution is 2.29. The summed E-state index contributed by atoms with van der Waals surface area (Å²) in [5.41, 5.74) is 8.21. The quantitative estimate of drug-likeness (QED) is 0.781. The van der Waals surface area contributed by atoms with Crippen molar-refractivity contribution >= 4 is 21.6 Å². The average molecular weight is 327 g/mol. The predicted molar refractivity (Wildman–Crippen MR) is 83.6 cm³/mol. The second-order valence-corrected chi connectivity index (χ2v) is 6.29. The van der Waals surface area contributed by atoms with Crippen molar-refractivity contribution in [3.05, 3.63) is 28.2 Å². The Morgan fingerprint density at radius 1 is 1.47 bits per heavy atom. The monoisotopic (exact) mass is 326 g/mol. The largest absolute Gasteiger partial charge is 0.379 e. The van der Waals surface area contributed by atoms with Gasteiger partial charge in [0.15, 0.2) is 0 Å². The molecule has 0 radical (unpaired) electrons. The summed E-state index contributed by atoms with van der Waals surface area (Å²) in [5.74, 6) is 0.836. The Hall–Kier alpha value is -0.580. The van der Waals surface area contributed by atoms with Crippen LogP contribution in [0, 0.1) is 5.92 Å². The van der Waals surface area contributed by atoms with Crippen LogP contribution in [-0.4, -0.2) is 26.8 Å². The van der Waals surface area contributed by atoms with Crippen molar-refractivity contribution in [2.45, 2.75) is 25.8 Å². The van der Waals surface area contributed by atoms with Crippen LogP contribution in [0.1, 0.15) is 31.4 Å². The van der Waals surface area contributed by atoms with E-state index >= 15 is 0 Å². The van der Waals surface area contributed by atoms with Gasteiger partial charge in [0.05, 0.1) is 12.3 Å². The number of nitrogens with zero attached hydrogens (tertiary/aromatic N) is 1. The fourth-order valence-corrected chi connectivity index (χ4v) is 2.67. The standard InChI is InChI=1S/C15H23BrN2O/c1-11(17)13-5-6-15(14(16)9-13)18(2)7-8-19-10-12-3-4-12/h5-6,9,11-12H,3-4,7-8,10,17H2,1-2H3. The first-order valence-electron chi connectivity index (χ1n) is 6.92. The number of hydrogen-bond donors (Lipinski definition) is 1. The summed E-state index contributed by atoms with van der Waals surface area (Å²) < 4.78 is 6.76. The molecule has 1 saturated carbocycles. The molecular formula is C15H23BrN2O. The van der Waals surface area contributed by atoms with E-state index in [1.165, 1.54) is 18.5 Å². The number of benzene rings is 1. The summed E-state index contributed by atoms with van der Waals surface area (Å²) in [6.45, 7) is 4.62. The normalized spacial score (nSPS) is 16.4. The number of halogens is 1. The highest BCUT2D eigenvalue weighted by molar-refractivity contribution is 9.10. The van der Waals surface area contributed by atoms with Gasteiger partial charge in [-0.3, -0.25) is 0 Å². The molecule has 4 heteroatoms. The van der Waals surface area contributed by atoms with E-state index in [4.69, 9.17) is 10.5 Å². The third kappa shape index (κ3) is 4.48. The van der Waals surface area contributed by atoms with E-state index in [2.05, 4.69) is 46.1 Å². The van der Waals surface area contributed by atoms with Crippen molar-refractivity contribution in [2.75, 3.05) is 31.7 Å². The van der Waals surface area contributed by atoms with Gasteiger partial charge in [-0.15, -0.1) is 0 Å². The van der Waals surface area contributed by atoms with Crippen molar-refractivity contribution in [3.8, 4) is 0 Å². The van der Waals surface area contributed by atoms with Gasteiger partial charge in [-0.25, -0.2) is 0 Å². The first-order valence-corrected chi connectivity index (χ1v) is 7.71. The van der Waals surface area contributed by atoms with E-state index in [0.29, 0.717) is 0 Å². The molecule has 0 heterocycles. The van der Waals surface area contributed by atoms with Gasteiger partial charge >= 0.3 is 0 Å². The molecule has 1 aliphatic rings. The summed E-state index contributed by atoms with van der Waals surface area (Å²) in [7, 11) is 2.09. The van der Waals surface area contributed by atoms with Gasteiger partial charge in [-0.2, -0.15) is 0 Å². The molecular weight excluding hydrogens is 304 g/mol. The molecule has 1 fully saturated rings. The summed E-state index contributed by atoms with van der Waals surface area (Å²) in [6.07, 6.45) is 2.69. The molecule has 106 valence electrons. The molecule has 2 rings (SSSR count). The Morgan fingerprint density at radius 3 is 2.79 bits per heavy atom. The molecule has 1 aliphatic carbocycles. The van der Waals surface area contributed by atoms with Gasteiger partial charge in [-0.1, -0.05) is 6.07 Å². The first kappa shape index (κ1) is 14.8. The lowest BCUT2D eigenvalue weighted by Crippen LogP contribution is -2.23. The van der Waals surface area contributed by atoms with E-state index in [0.717, 1.165) is 35.7 Å². The van der Waals surface area contributed by atoms with Crippen LogP contribution in [0.15, 0.2) is 22.7 Å². The smallest absolute Gasteiger partial charge is 0.0641 e. The fraction of sp³-hybridized carbons (Fsp3) is 0.600. The molecule has 3 nitrogen and oxygen atoms in total. The Balaban J connectivity index is 1.84. The van der Waals surface area contributed by atoms with Crippen LogP contribution in [0.4, 0.5) is 5.69 Å². The van der Waals surface area contributed by atoms with Crippen molar-refractivity contribution in [2.24, 2.45) is 11.7 Å². The number of likely N-dealkylation sites (N-methyl/N-ethyl adjacent to an activating group) is 1. The van der Waals surface area contributed by atoms with E-state index in [1.807, 2.05) is 6.92 Å². The van der Waals surface area contributed by atoms with Crippen molar-refractivity contribution in [1.29, 1.82) is 0 Å². The highest BCUT2D eigenvalue weighted by atomic mass is 79.9. The number of ether oxygens (including phenoxy) is 1. The van der Waals surface area contributed by atoms with Crippen LogP contribution in [0.3, 0.4) is 0 Å². The Kier molecular flexibility index (Phi) is 5.25. The van der Waals surface area contributed by atoms with Crippen LogP contribution in [0.25, 0.3) is 0 Å². The third-order valence-electron chi connectivity index (χ3n) is 3.53. The predicted octanol–water partition coefficient (Wildman–Crippen LogP) is 3.33. The third-order valence-corrected chi connectivity index (χ3v) is 4.17. The minimum Gasteiger partial charge on any atom is -0.379 e. The summed E-state index contributed by atoms with van der Waals surface area (Å²) >= 11 is 3.62. The van der Waals surface area contributed by atoms with Crippen LogP contribution < -0.4 is 10.6 Å². The van der Waals surface area contributed by atoms with Crippen LogP contribution in [-0.2, 0) is 4.74 Å². The van der Waals surface area contributed by atoms with Gasteiger partial charge in [0, 0.05) is 30.7 Å². The number of hydrogen-bond acceptors (Lipinski definition) is 3.